The predicted octanol–water partition coefficient (Wildman–Crippen LogP) is 2.44. The Labute approximate surface area is 79.4 Å². The van der Waals surface area contributed by atoms with Crippen molar-refractivity contribution in [1.82, 2.24) is 0 Å². The molecule has 3 heteroatoms. The van der Waals surface area contributed by atoms with Gasteiger partial charge in [-0.25, -0.2) is 4.79 Å². The van der Waals surface area contributed by atoms with Gasteiger partial charge in [-0.15, -0.1) is 0 Å². The van der Waals surface area contributed by atoms with Gasteiger partial charge in [-0.3, -0.25) is 0 Å². The van der Waals surface area contributed by atoms with Crippen LogP contribution in [0.25, 0.3) is 0 Å². The van der Waals surface area contributed by atoms with Gasteiger partial charge in [0.15, 0.2) is 0 Å². The zero-order valence-electron chi connectivity index (χ0n) is 6.12. The zero-order chi connectivity index (χ0) is 8.69. The number of halogens is 1. The molecule has 0 aliphatic rings. The highest BCUT2D eigenvalue weighted by molar-refractivity contribution is 14.1. The van der Waals surface area contributed by atoms with E-state index in [1.165, 1.54) is 0 Å². The molecular weight excluding hydrogens is 255 g/mol. The first kappa shape index (κ1) is 10.4. The van der Waals surface area contributed by atoms with E-state index in [1.54, 1.807) is 30.3 Å². The number of rotatable bonds is 1. The molecule has 0 aromatic heterocycles. The molecule has 0 saturated heterocycles. The molecule has 1 aromatic carbocycles. The van der Waals surface area contributed by atoms with Crippen LogP contribution in [0.15, 0.2) is 30.3 Å². The Bertz CT molecular complexity index is 209. The van der Waals surface area contributed by atoms with Crippen LogP contribution in [0.1, 0.15) is 10.4 Å². The van der Waals surface area contributed by atoms with Crippen molar-refractivity contribution < 1.29 is 9.90 Å². The van der Waals surface area contributed by atoms with E-state index in [2.05, 4.69) is 22.6 Å². The summed E-state index contributed by atoms with van der Waals surface area (Å²) < 4.78 is 0. The highest BCUT2D eigenvalue weighted by Gasteiger charge is 1.96. The Morgan fingerprint density at radius 1 is 1.27 bits per heavy atom. The standard InChI is InChI=1S/C7H6O2.CH3I/c8-7(9)6-4-2-1-3-5-6;1-2/h1-5H,(H,8,9);1H3. The van der Waals surface area contributed by atoms with Gasteiger partial charge < -0.3 is 5.11 Å². The number of aromatic carboxylic acids is 1. The van der Waals surface area contributed by atoms with Crippen LogP contribution < -0.4 is 0 Å². The fraction of sp³-hybridized carbons (Fsp3) is 0.125. The molecule has 0 bridgehead atoms. The molecule has 0 spiro atoms. The van der Waals surface area contributed by atoms with Crippen molar-refractivity contribution in [3.05, 3.63) is 35.9 Å². The van der Waals surface area contributed by atoms with E-state index >= 15 is 0 Å². The molecule has 0 atom stereocenters. The Hall–Kier alpha value is -0.580. The highest BCUT2D eigenvalue weighted by Crippen LogP contribution is 1.96. The van der Waals surface area contributed by atoms with Gasteiger partial charge in [0.05, 0.1) is 5.56 Å². The second-order valence-electron chi connectivity index (χ2n) is 1.67. The molecule has 60 valence electrons. The maximum Gasteiger partial charge on any atom is 0.335 e. The molecule has 0 fully saturated rings. The minimum absolute atomic E-state index is 0.331. The molecular formula is C8H9IO2. The number of alkyl halides is 1. The lowest BCUT2D eigenvalue weighted by molar-refractivity contribution is 0.0697. The molecule has 1 aromatic rings. The monoisotopic (exact) mass is 264 g/mol. The van der Waals surface area contributed by atoms with Gasteiger partial charge in [-0.2, -0.15) is 0 Å². The topological polar surface area (TPSA) is 37.3 Å². The number of carboxylic acids is 1. The van der Waals surface area contributed by atoms with E-state index in [0.29, 0.717) is 5.56 Å². The van der Waals surface area contributed by atoms with E-state index in [4.69, 9.17) is 5.11 Å². The Kier molecular flexibility index (Phi) is 5.83. The van der Waals surface area contributed by atoms with Crippen molar-refractivity contribution in [3.63, 3.8) is 0 Å². The smallest absolute Gasteiger partial charge is 0.335 e. The van der Waals surface area contributed by atoms with Crippen LogP contribution in [-0.4, -0.2) is 16.0 Å². The normalized spacial score (nSPS) is 7.82. The fourth-order valence-electron chi connectivity index (χ4n) is 0.581. The molecule has 0 heterocycles. The predicted molar refractivity (Wildman–Crippen MR) is 53.3 cm³/mol. The molecule has 0 unspecified atom stereocenters. The van der Waals surface area contributed by atoms with Crippen LogP contribution in [0.3, 0.4) is 0 Å². The van der Waals surface area contributed by atoms with Crippen LogP contribution in [0.2, 0.25) is 0 Å². The summed E-state index contributed by atoms with van der Waals surface area (Å²) in [6.45, 7) is 0. The maximum atomic E-state index is 10.2. The number of carboxylic acid groups (broad SMARTS) is 1. The summed E-state index contributed by atoms with van der Waals surface area (Å²) >= 11 is 2.15. The van der Waals surface area contributed by atoms with Crippen LogP contribution in [0.5, 0.6) is 0 Å². The van der Waals surface area contributed by atoms with Crippen molar-refractivity contribution in [1.29, 1.82) is 0 Å². The van der Waals surface area contributed by atoms with E-state index in [-0.39, 0.29) is 0 Å². The summed E-state index contributed by atoms with van der Waals surface area (Å²) in [6, 6.07) is 8.30. The lowest BCUT2D eigenvalue weighted by atomic mass is 10.2. The Balaban J connectivity index is 0.000000461. The molecule has 11 heavy (non-hydrogen) atoms. The summed E-state index contributed by atoms with van der Waals surface area (Å²) in [6.07, 6.45) is 0. The number of benzene rings is 1. The van der Waals surface area contributed by atoms with E-state index in [0.717, 1.165) is 0 Å². The lowest BCUT2D eigenvalue weighted by Crippen LogP contribution is -1.93. The van der Waals surface area contributed by atoms with Crippen molar-refractivity contribution in [2.75, 3.05) is 4.93 Å². The molecule has 2 nitrogen and oxygen atoms in total. The summed E-state index contributed by atoms with van der Waals surface area (Å²) in [5, 5.41) is 8.38. The Morgan fingerprint density at radius 3 is 2.00 bits per heavy atom. The number of carbonyl (C=O) groups is 1. The molecule has 1 rings (SSSR count). The van der Waals surface area contributed by atoms with Crippen LogP contribution in [0, 0.1) is 0 Å². The minimum atomic E-state index is -0.879. The van der Waals surface area contributed by atoms with Crippen molar-refractivity contribution in [3.8, 4) is 0 Å². The van der Waals surface area contributed by atoms with Gasteiger partial charge in [0.1, 0.15) is 0 Å². The first-order chi connectivity index (χ1) is 5.30. The second kappa shape index (κ2) is 6.15. The average molecular weight is 264 g/mol. The molecule has 0 saturated carbocycles. The third kappa shape index (κ3) is 3.98. The van der Waals surface area contributed by atoms with Gasteiger partial charge in [0.2, 0.25) is 0 Å². The summed E-state index contributed by atoms with van der Waals surface area (Å²) in [5.74, 6) is -0.879. The van der Waals surface area contributed by atoms with Crippen molar-refractivity contribution >= 4 is 28.6 Å². The third-order valence-electron chi connectivity index (χ3n) is 1.02. The molecule has 0 amide bonds. The highest BCUT2D eigenvalue weighted by atomic mass is 127. The van der Waals surface area contributed by atoms with E-state index in [1.807, 2.05) is 4.93 Å². The summed E-state index contributed by atoms with van der Waals surface area (Å²) in [4.78, 5) is 12.2. The third-order valence-corrected chi connectivity index (χ3v) is 1.02. The van der Waals surface area contributed by atoms with E-state index in [9.17, 15) is 4.79 Å². The Morgan fingerprint density at radius 2 is 1.73 bits per heavy atom. The SMILES string of the molecule is CI.O=C(O)c1ccccc1. The van der Waals surface area contributed by atoms with Crippen LogP contribution in [0.4, 0.5) is 0 Å². The second-order valence-corrected chi connectivity index (χ2v) is 1.67. The van der Waals surface area contributed by atoms with Gasteiger partial charge in [0.25, 0.3) is 0 Å². The number of hydrogen-bond donors (Lipinski definition) is 1. The quantitative estimate of drug-likeness (QED) is 0.624. The van der Waals surface area contributed by atoms with Gasteiger partial charge in [-0.05, 0) is 17.1 Å². The first-order valence-electron chi connectivity index (χ1n) is 2.97. The maximum absolute atomic E-state index is 10.2. The molecule has 0 aliphatic carbocycles. The lowest BCUT2D eigenvalue weighted by Gasteiger charge is -1.88. The summed E-state index contributed by atoms with van der Waals surface area (Å²) in [7, 11) is 0. The zero-order valence-corrected chi connectivity index (χ0v) is 8.28. The van der Waals surface area contributed by atoms with Crippen molar-refractivity contribution in [2.45, 2.75) is 0 Å². The van der Waals surface area contributed by atoms with Crippen molar-refractivity contribution in [2.24, 2.45) is 0 Å². The largest absolute Gasteiger partial charge is 0.478 e. The van der Waals surface area contributed by atoms with Gasteiger partial charge in [0, 0.05) is 0 Å². The first-order valence-corrected chi connectivity index (χ1v) is 5.12. The molecule has 0 radical (unpaired) electrons. The number of hydrogen-bond acceptors (Lipinski definition) is 1. The van der Waals surface area contributed by atoms with Gasteiger partial charge >= 0.3 is 5.97 Å². The van der Waals surface area contributed by atoms with Crippen LogP contribution in [-0.2, 0) is 0 Å². The summed E-state index contributed by atoms with van der Waals surface area (Å²) in [5.41, 5.74) is 0.331. The van der Waals surface area contributed by atoms with Gasteiger partial charge in [-0.1, -0.05) is 40.8 Å². The average Bonchev–Trinajstić information content (AvgIpc) is 2.10. The minimum Gasteiger partial charge on any atom is -0.478 e. The fourth-order valence-corrected chi connectivity index (χ4v) is 0.581. The molecule has 1 N–H and O–H groups in total. The van der Waals surface area contributed by atoms with E-state index < -0.39 is 5.97 Å². The van der Waals surface area contributed by atoms with Crippen LogP contribution >= 0.6 is 22.6 Å². The molecule has 0 aliphatic heterocycles.